The molecule has 0 spiro atoms. The maximum absolute atomic E-state index is 2.51. The molecular formula is C5H13S2Sb. The Bertz CT molecular complexity index is 92.7. The van der Waals surface area contributed by atoms with Crippen LogP contribution in [0.2, 0.25) is 14.6 Å². The van der Waals surface area contributed by atoms with Gasteiger partial charge in [0.05, 0.1) is 0 Å². The van der Waals surface area contributed by atoms with Gasteiger partial charge in [0.15, 0.2) is 0 Å². The van der Waals surface area contributed by atoms with Gasteiger partial charge in [0, 0.05) is 0 Å². The van der Waals surface area contributed by atoms with Crippen molar-refractivity contribution in [1.82, 2.24) is 0 Å². The van der Waals surface area contributed by atoms with E-state index in [-0.39, 0.29) is 0 Å². The van der Waals surface area contributed by atoms with Gasteiger partial charge in [0.1, 0.15) is 0 Å². The Morgan fingerprint density at radius 3 is 1.50 bits per heavy atom. The van der Waals surface area contributed by atoms with Crippen LogP contribution in [0.25, 0.3) is 0 Å². The number of hydrogen-bond donors (Lipinski definition) is 0. The second-order valence-corrected chi connectivity index (χ2v) is 42.0. The molecule has 1 fully saturated rings. The van der Waals surface area contributed by atoms with Crippen LogP contribution in [-0.2, 0) is 0 Å². The van der Waals surface area contributed by atoms with Crippen LogP contribution in [0.5, 0.6) is 0 Å². The van der Waals surface area contributed by atoms with E-state index in [0.717, 1.165) is 0 Å². The number of rotatable bonds is 0. The Labute approximate surface area is 58.0 Å². The Kier molecular flexibility index (Phi) is 1.91. The van der Waals surface area contributed by atoms with E-state index in [0.29, 0.717) is 0 Å². The predicted octanol–water partition coefficient (Wildman–Crippen LogP) is 2.75. The normalized spacial score (nSPS) is 38.1. The van der Waals surface area contributed by atoms with Crippen molar-refractivity contribution < 1.29 is 0 Å². The van der Waals surface area contributed by atoms with Crippen LogP contribution >= 0.6 is 17.7 Å². The van der Waals surface area contributed by atoms with Crippen LogP contribution in [0, 0.1) is 0 Å². The quantitative estimate of drug-likeness (QED) is 0.613. The first-order valence-electron chi connectivity index (χ1n) is 2.78. The van der Waals surface area contributed by atoms with E-state index in [2.05, 4.69) is 32.3 Å². The monoisotopic (exact) mass is 258 g/mol. The number of hydrogen-bond acceptors (Lipinski definition) is 2. The SMILES string of the molecule is [CH3][Sb]1([CH3])([CH3])[S]CC[S]1. The molecule has 3 heteroatoms. The van der Waals surface area contributed by atoms with Crippen LogP contribution in [0.1, 0.15) is 0 Å². The summed E-state index contributed by atoms with van der Waals surface area (Å²) >= 11 is -1.86. The molecule has 1 heterocycles. The van der Waals surface area contributed by atoms with Gasteiger partial charge in [0.25, 0.3) is 0 Å². The van der Waals surface area contributed by atoms with Gasteiger partial charge >= 0.3 is 58.4 Å². The summed E-state index contributed by atoms with van der Waals surface area (Å²) in [5.41, 5.74) is 0. The summed E-state index contributed by atoms with van der Waals surface area (Å²) in [4.78, 5) is 7.53. The molecule has 50 valence electrons. The van der Waals surface area contributed by atoms with Gasteiger partial charge in [-0.25, -0.2) is 0 Å². The van der Waals surface area contributed by atoms with Crippen LogP contribution in [0.15, 0.2) is 0 Å². The predicted molar refractivity (Wildman–Crippen MR) is 48.3 cm³/mol. The van der Waals surface area contributed by atoms with Crippen LogP contribution in [0.4, 0.5) is 0 Å². The summed E-state index contributed by atoms with van der Waals surface area (Å²) in [7, 11) is 4.53. The first-order valence-corrected chi connectivity index (χ1v) is 18.6. The maximum atomic E-state index is 2.51. The van der Waals surface area contributed by atoms with Crippen molar-refractivity contribution in [2.45, 2.75) is 14.6 Å². The van der Waals surface area contributed by atoms with Gasteiger partial charge in [-0.3, -0.25) is 0 Å². The average Bonchev–Trinajstić information content (AvgIpc) is 1.81. The summed E-state index contributed by atoms with van der Waals surface area (Å²) in [5, 5.41) is 0. The molecule has 0 N–H and O–H groups in total. The fourth-order valence-electron chi connectivity index (χ4n) is 0.734. The average molecular weight is 259 g/mol. The molecule has 0 aromatic rings. The zero-order valence-electron chi connectivity index (χ0n) is 5.68. The molecule has 0 aromatic carbocycles. The van der Waals surface area contributed by atoms with Gasteiger partial charge in [-0.2, -0.15) is 0 Å². The minimum atomic E-state index is -1.86. The van der Waals surface area contributed by atoms with Crippen molar-refractivity contribution in [2.75, 3.05) is 11.5 Å². The van der Waals surface area contributed by atoms with Crippen molar-refractivity contribution in [3.63, 3.8) is 0 Å². The van der Waals surface area contributed by atoms with E-state index >= 15 is 0 Å². The Hall–Kier alpha value is 1.52. The topological polar surface area (TPSA) is 0 Å². The van der Waals surface area contributed by atoms with E-state index in [1.807, 2.05) is 0 Å². The molecule has 0 amide bonds. The first-order chi connectivity index (χ1) is 3.47. The molecule has 1 aliphatic rings. The molecule has 0 radical (unpaired) electrons. The molecule has 1 aliphatic heterocycles. The van der Waals surface area contributed by atoms with Gasteiger partial charge in [-0.05, 0) is 0 Å². The van der Waals surface area contributed by atoms with Crippen molar-refractivity contribution >= 4 is 32.3 Å². The third-order valence-corrected chi connectivity index (χ3v) is 26.4. The summed E-state index contributed by atoms with van der Waals surface area (Å²) in [5.74, 6) is 2.83. The van der Waals surface area contributed by atoms with Gasteiger partial charge in [0.2, 0.25) is 0 Å². The second-order valence-electron chi connectivity index (χ2n) is 3.18. The molecular weight excluding hydrogens is 246 g/mol. The van der Waals surface area contributed by atoms with Crippen molar-refractivity contribution in [1.29, 1.82) is 0 Å². The van der Waals surface area contributed by atoms with Crippen molar-refractivity contribution in [3.05, 3.63) is 0 Å². The molecule has 0 atom stereocenters. The van der Waals surface area contributed by atoms with E-state index in [1.54, 1.807) is 0 Å². The zero-order valence-corrected chi connectivity index (χ0v) is 9.86. The summed E-state index contributed by atoms with van der Waals surface area (Å²) in [6, 6.07) is 0. The third-order valence-electron chi connectivity index (χ3n) is 1.15. The van der Waals surface area contributed by atoms with Crippen LogP contribution in [0.3, 0.4) is 0 Å². The molecule has 0 nitrogen and oxygen atoms in total. The molecule has 1 rings (SSSR count). The zero-order chi connectivity index (χ0) is 6.28. The van der Waals surface area contributed by atoms with Gasteiger partial charge in [-0.1, -0.05) is 0 Å². The van der Waals surface area contributed by atoms with E-state index in [4.69, 9.17) is 0 Å². The van der Waals surface area contributed by atoms with Gasteiger partial charge in [-0.15, -0.1) is 0 Å². The molecule has 8 heavy (non-hydrogen) atoms. The summed E-state index contributed by atoms with van der Waals surface area (Å²) in [6.45, 7) is 0. The standard InChI is InChI=1S/C2H6S2.3CH3.Sb/c3-1-2-4;;;;/h3-4H,1-2H2;3*1H3;/q;;;;+2/p-2. The third kappa shape index (κ3) is 2.04. The van der Waals surface area contributed by atoms with Gasteiger partial charge < -0.3 is 0 Å². The van der Waals surface area contributed by atoms with E-state index in [9.17, 15) is 0 Å². The van der Waals surface area contributed by atoms with Crippen LogP contribution < -0.4 is 0 Å². The van der Waals surface area contributed by atoms with E-state index in [1.165, 1.54) is 11.5 Å². The first kappa shape index (κ1) is 7.62. The molecule has 0 aromatic heterocycles. The fraction of sp³-hybridized carbons (Fsp3) is 1.00. The molecule has 0 unspecified atom stereocenters. The van der Waals surface area contributed by atoms with E-state index < -0.39 is 14.6 Å². The molecule has 0 saturated carbocycles. The Morgan fingerprint density at radius 2 is 1.38 bits per heavy atom. The Morgan fingerprint density at radius 1 is 1.00 bits per heavy atom. The fourth-order valence-corrected chi connectivity index (χ4v) is 22.3. The molecule has 1 saturated heterocycles. The van der Waals surface area contributed by atoms with Crippen molar-refractivity contribution in [3.8, 4) is 0 Å². The molecule has 0 aliphatic carbocycles. The molecule has 0 bridgehead atoms. The second kappa shape index (κ2) is 2.00. The summed E-state index contributed by atoms with van der Waals surface area (Å²) in [6.07, 6.45) is 0. The Balaban J connectivity index is 2.67. The summed E-state index contributed by atoms with van der Waals surface area (Å²) < 4.78 is 0. The van der Waals surface area contributed by atoms with Crippen molar-refractivity contribution in [2.24, 2.45) is 0 Å². The minimum absolute atomic E-state index is 1.41. The van der Waals surface area contributed by atoms with Crippen LogP contribution in [-0.4, -0.2) is 26.1 Å².